The van der Waals surface area contributed by atoms with Crippen LogP contribution in [0, 0.1) is 5.92 Å². The third-order valence-electron chi connectivity index (χ3n) is 6.07. The standard InChI is InChI=1S/C22H25F3N4O2/c23-22(24,25)19-7-8-20(30)29(26-19)14-16-9-12-27(13-10-16)15-21(31)28-11-3-5-17-4-1-2-6-18(17)28/h1-2,4,6-8,16H,3,5,9-15H2. The van der Waals surface area contributed by atoms with Crippen LogP contribution in [0.2, 0.25) is 0 Å². The highest BCUT2D eigenvalue weighted by Crippen LogP contribution is 2.28. The summed E-state index contributed by atoms with van der Waals surface area (Å²) in [6, 6.07) is 9.61. The zero-order valence-electron chi connectivity index (χ0n) is 17.1. The number of aryl methyl sites for hydroxylation is 1. The average Bonchev–Trinajstić information content (AvgIpc) is 2.75. The Morgan fingerprint density at radius 3 is 2.55 bits per heavy atom. The summed E-state index contributed by atoms with van der Waals surface area (Å²) in [5.74, 6) is 0.122. The minimum absolute atomic E-state index is 0.0516. The average molecular weight is 434 g/mol. The monoisotopic (exact) mass is 434 g/mol. The van der Waals surface area contributed by atoms with Crippen molar-refractivity contribution in [3.63, 3.8) is 0 Å². The molecule has 2 aliphatic rings. The van der Waals surface area contributed by atoms with Gasteiger partial charge < -0.3 is 4.90 Å². The molecule has 2 aromatic rings. The Labute approximate surface area is 178 Å². The Morgan fingerprint density at radius 2 is 1.81 bits per heavy atom. The first-order chi connectivity index (χ1) is 14.8. The van der Waals surface area contributed by atoms with Gasteiger partial charge in [0.2, 0.25) is 5.91 Å². The molecule has 0 radical (unpaired) electrons. The minimum atomic E-state index is -4.58. The van der Waals surface area contributed by atoms with Crippen molar-refractivity contribution >= 4 is 11.6 Å². The molecule has 0 unspecified atom stereocenters. The lowest BCUT2D eigenvalue weighted by molar-refractivity contribution is -0.142. The highest BCUT2D eigenvalue weighted by Gasteiger charge is 2.33. The smallest absolute Gasteiger partial charge is 0.311 e. The van der Waals surface area contributed by atoms with E-state index in [1.165, 1.54) is 5.56 Å². The highest BCUT2D eigenvalue weighted by molar-refractivity contribution is 5.95. The fourth-order valence-corrected chi connectivity index (χ4v) is 4.37. The molecule has 1 aromatic heterocycles. The van der Waals surface area contributed by atoms with Crippen molar-refractivity contribution < 1.29 is 18.0 Å². The van der Waals surface area contributed by atoms with Crippen molar-refractivity contribution in [1.82, 2.24) is 14.7 Å². The number of nitrogens with zero attached hydrogens (tertiary/aromatic N) is 4. The largest absolute Gasteiger partial charge is 0.435 e. The van der Waals surface area contributed by atoms with Gasteiger partial charge >= 0.3 is 6.18 Å². The summed E-state index contributed by atoms with van der Waals surface area (Å²) in [6.07, 6.45) is -1.24. The normalized spacial score (nSPS) is 18.1. The van der Waals surface area contributed by atoms with E-state index >= 15 is 0 Å². The van der Waals surface area contributed by atoms with Gasteiger partial charge in [0.15, 0.2) is 5.69 Å². The van der Waals surface area contributed by atoms with Crippen LogP contribution in [-0.4, -0.2) is 46.8 Å². The molecule has 1 saturated heterocycles. The maximum Gasteiger partial charge on any atom is 0.435 e. The maximum atomic E-state index is 12.9. The first kappa shape index (κ1) is 21.5. The fourth-order valence-electron chi connectivity index (χ4n) is 4.37. The number of hydrogen-bond donors (Lipinski definition) is 0. The molecular weight excluding hydrogens is 409 g/mol. The minimum Gasteiger partial charge on any atom is -0.311 e. The molecule has 6 nitrogen and oxygen atoms in total. The van der Waals surface area contributed by atoms with Crippen molar-refractivity contribution in [1.29, 1.82) is 0 Å². The number of carbonyl (C=O) groups excluding carboxylic acids is 1. The van der Waals surface area contributed by atoms with Gasteiger partial charge in [-0.15, -0.1) is 0 Å². The number of piperidine rings is 1. The van der Waals surface area contributed by atoms with E-state index in [4.69, 9.17) is 0 Å². The van der Waals surface area contributed by atoms with E-state index in [0.29, 0.717) is 38.5 Å². The molecule has 0 N–H and O–H groups in total. The summed E-state index contributed by atoms with van der Waals surface area (Å²) in [5.41, 5.74) is 0.592. The third kappa shape index (κ3) is 4.98. The topological polar surface area (TPSA) is 58.4 Å². The van der Waals surface area contributed by atoms with E-state index in [9.17, 15) is 22.8 Å². The molecule has 0 bridgehead atoms. The number of fused-ring (bicyclic) bond motifs is 1. The zero-order valence-corrected chi connectivity index (χ0v) is 17.1. The van der Waals surface area contributed by atoms with E-state index in [0.717, 1.165) is 35.8 Å². The summed E-state index contributed by atoms with van der Waals surface area (Å²) in [6.45, 7) is 2.53. The lowest BCUT2D eigenvalue weighted by Crippen LogP contribution is -2.45. The molecule has 0 atom stereocenters. The first-order valence-electron chi connectivity index (χ1n) is 10.6. The quantitative estimate of drug-likeness (QED) is 0.743. The lowest BCUT2D eigenvalue weighted by Gasteiger charge is -2.35. The highest BCUT2D eigenvalue weighted by atomic mass is 19.4. The van der Waals surface area contributed by atoms with Crippen LogP contribution in [0.5, 0.6) is 0 Å². The molecule has 2 aliphatic heterocycles. The summed E-state index contributed by atoms with van der Waals surface area (Å²) in [4.78, 5) is 28.8. The second-order valence-electron chi connectivity index (χ2n) is 8.23. The van der Waals surface area contributed by atoms with Gasteiger partial charge in [-0.2, -0.15) is 18.3 Å². The van der Waals surface area contributed by atoms with Crippen molar-refractivity contribution in [3.05, 3.63) is 58.0 Å². The Hall–Kier alpha value is -2.68. The van der Waals surface area contributed by atoms with Crippen LogP contribution < -0.4 is 10.5 Å². The number of carbonyl (C=O) groups is 1. The van der Waals surface area contributed by atoms with E-state index in [2.05, 4.69) is 16.1 Å². The Balaban J connectivity index is 1.33. The number of hydrogen-bond acceptors (Lipinski definition) is 4. The van der Waals surface area contributed by atoms with Gasteiger partial charge in [0.25, 0.3) is 5.56 Å². The Kier molecular flexibility index (Phi) is 6.13. The molecule has 0 spiro atoms. The van der Waals surface area contributed by atoms with E-state index in [1.54, 1.807) is 0 Å². The van der Waals surface area contributed by atoms with Gasteiger partial charge in [0.1, 0.15) is 0 Å². The molecule has 4 rings (SSSR count). The second-order valence-corrected chi connectivity index (χ2v) is 8.23. The van der Waals surface area contributed by atoms with Crippen molar-refractivity contribution in [3.8, 4) is 0 Å². The molecule has 1 aromatic carbocycles. The SMILES string of the molecule is O=C(CN1CCC(Cn2nc(C(F)(F)F)ccc2=O)CC1)N1CCCc2ccccc21. The molecule has 0 aliphatic carbocycles. The van der Waals surface area contributed by atoms with Crippen LogP contribution >= 0.6 is 0 Å². The number of amides is 1. The zero-order chi connectivity index (χ0) is 22.0. The van der Waals surface area contributed by atoms with E-state index in [1.807, 2.05) is 23.1 Å². The van der Waals surface area contributed by atoms with Crippen LogP contribution in [0.4, 0.5) is 18.9 Å². The summed E-state index contributed by atoms with van der Waals surface area (Å²) in [7, 11) is 0. The van der Waals surface area contributed by atoms with Crippen LogP contribution in [0.15, 0.2) is 41.2 Å². The maximum absolute atomic E-state index is 12.9. The Morgan fingerprint density at radius 1 is 1.06 bits per heavy atom. The van der Waals surface area contributed by atoms with Gasteiger partial charge in [-0.05, 0) is 62.4 Å². The van der Waals surface area contributed by atoms with Crippen molar-refractivity contribution in [2.75, 3.05) is 31.1 Å². The predicted molar refractivity (Wildman–Crippen MR) is 110 cm³/mol. The number of anilines is 1. The molecular formula is C22H25F3N4O2. The van der Waals surface area contributed by atoms with Gasteiger partial charge in [0.05, 0.1) is 6.54 Å². The summed E-state index contributed by atoms with van der Waals surface area (Å²) < 4.78 is 39.5. The van der Waals surface area contributed by atoms with E-state index in [-0.39, 0.29) is 18.4 Å². The van der Waals surface area contributed by atoms with Crippen LogP contribution in [0.1, 0.15) is 30.5 Å². The van der Waals surface area contributed by atoms with Crippen molar-refractivity contribution in [2.45, 2.75) is 38.4 Å². The van der Waals surface area contributed by atoms with Gasteiger partial charge in [-0.3, -0.25) is 14.5 Å². The van der Waals surface area contributed by atoms with Gasteiger partial charge in [0, 0.05) is 24.8 Å². The second kappa shape index (κ2) is 8.82. The third-order valence-corrected chi connectivity index (χ3v) is 6.07. The number of para-hydroxylation sites is 1. The predicted octanol–water partition coefficient (Wildman–Crippen LogP) is 2.95. The number of halogens is 3. The number of rotatable bonds is 4. The molecule has 3 heterocycles. The molecule has 1 amide bonds. The summed E-state index contributed by atoms with van der Waals surface area (Å²) >= 11 is 0. The van der Waals surface area contributed by atoms with Crippen molar-refractivity contribution in [2.24, 2.45) is 5.92 Å². The number of benzene rings is 1. The molecule has 9 heteroatoms. The molecule has 166 valence electrons. The van der Waals surface area contributed by atoms with Crippen LogP contribution in [0.3, 0.4) is 0 Å². The van der Waals surface area contributed by atoms with Gasteiger partial charge in [-0.25, -0.2) is 4.68 Å². The molecule has 0 saturated carbocycles. The lowest BCUT2D eigenvalue weighted by atomic mass is 9.96. The molecule has 1 fully saturated rings. The molecule has 31 heavy (non-hydrogen) atoms. The van der Waals surface area contributed by atoms with E-state index < -0.39 is 17.4 Å². The number of likely N-dealkylation sites (tertiary alicyclic amines) is 1. The van der Waals surface area contributed by atoms with Crippen LogP contribution in [0.25, 0.3) is 0 Å². The first-order valence-corrected chi connectivity index (χ1v) is 10.6. The van der Waals surface area contributed by atoms with Crippen LogP contribution in [-0.2, 0) is 23.9 Å². The fraction of sp³-hybridized carbons (Fsp3) is 0.500. The van der Waals surface area contributed by atoms with Gasteiger partial charge in [-0.1, -0.05) is 18.2 Å². The number of alkyl halides is 3. The Bertz CT molecular complexity index is 997. The summed E-state index contributed by atoms with van der Waals surface area (Å²) in [5, 5.41) is 3.49. The number of aromatic nitrogens is 2.